The van der Waals surface area contributed by atoms with Crippen molar-refractivity contribution < 1.29 is 4.79 Å². The molecule has 0 atom stereocenters. The molecule has 1 saturated carbocycles. The van der Waals surface area contributed by atoms with Crippen molar-refractivity contribution in [1.29, 1.82) is 0 Å². The van der Waals surface area contributed by atoms with Crippen molar-refractivity contribution in [2.45, 2.75) is 43.4 Å². The molecule has 0 aliphatic heterocycles. The highest BCUT2D eigenvalue weighted by molar-refractivity contribution is 7.99. The minimum Gasteiger partial charge on any atom is -0.355 e. The second-order valence-electron chi connectivity index (χ2n) is 5.82. The molecular formula is C17H26N2OS. The number of amides is 1. The number of nitrogens with one attached hydrogen (secondary N) is 1. The number of benzene rings is 1. The van der Waals surface area contributed by atoms with E-state index in [4.69, 9.17) is 5.73 Å². The number of rotatable bonds is 6. The molecule has 4 heteroatoms. The van der Waals surface area contributed by atoms with E-state index in [0.29, 0.717) is 13.1 Å². The fraction of sp³-hybridized carbons (Fsp3) is 0.588. The average Bonchev–Trinajstić information content (AvgIpc) is 2.79. The molecule has 1 aliphatic rings. The third kappa shape index (κ3) is 4.75. The van der Waals surface area contributed by atoms with Crippen LogP contribution < -0.4 is 11.1 Å². The fourth-order valence-electron chi connectivity index (χ4n) is 2.97. The van der Waals surface area contributed by atoms with Crippen LogP contribution in [0.3, 0.4) is 0 Å². The molecule has 1 aliphatic carbocycles. The summed E-state index contributed by atoms with van der Waals surface area (Å²) in [6.45, 7) is 1.19. The molecule has 0 aromatic heterocycles. The minimum absolute atomic E-state index is 0.167. The maximum Gasteiger partial charge on any atom is 0.227 e. The van der Waals surface area contributed by atoms with Gasteiger partial charge in [0.05, 0.1) is 5.41 Å². The highest BCUT2D eigenvalue weighted by Gasteiger charge is 2.36. The summed E-state index contributed by atoms with van der Waals surface area (Å²) < 4.78 is 0. The molecule has 3 nitrogen and oxygen atoms in total. The number of carbonyl (C=O) groups is 1. The van der Waals surface area contributed by atoms with Crippen LogP contribution in [0.15, 0.2) is 35.2 Å². The van der Waals surface area contributed by atoms with Gasteiger partial charge >= 0.3 is 0 Å². The standard InChI is InChI=1S/C17H26N2OS/c18-14-17(10-6-1-2-7-11-17)16(20)19-12-13-21-15-8-4-3-5-9-15/h3-5,8-9H,1-2,6-7,10-14,18H2,(H,19,20). The van der Waals surface area contributed by atoms with Crippen LogP contribution in [0, 0.1) is 5.41 Å². The molecule has 0 radical (unpaired) electrons. The molecule has 116 valence electrons. The normalized spacial score (nSPS) is 18.0. The molecule has 0 heterocycles. The Balaban J connectivity index is 1.77. The Labute approximate surface area is 132 Å². The van der Waals surface area contributed by atoms with Gasteiger partial charge in [0.2, 0.25) is 5.91 Å². The first kappa shape index (κ1) is 16.4. The van der Waals surface area contributed by atoms with Crippen LogP contribution in [0.5, 0.6) is 0 Å². The van der Waals surface area contributed by atoms with E-state index in [-0.39, 0.29) is 11.3 Å². The van der Waals surface area contributed by atoms with Gasteiger partial charge in [-0.05, 0) is 25.0 Å². The molecule has 0 bridgehead atoms. The monoisotopic (exact) mass is 306 g/mol. The van der Waals surface area contributed by atoms with Crippen LogP contribution in [-0.2, 0) is 4.79 Å². The van der Waals surface area contributed by atoms with Gasteiger partial charge in [-0.1, -0.05) is 43.9 Å². The van der Waals surface area contributed by atoms with Gasteiger partial charge < -0.3 is 11.1 Å². The van der Waals surface area contributed by atoms with Gasteiger partial charge in [0.1, 0.15) is 0 Å². The Morgan fingerprint density at radius 2 is 1.81 bits per heavy atom. The van der Waals surface area contributed by atoms with E-state index in [1.807, 2.05) is 18.2 Å². The lowest BCUT2D eigenvalue weighted by molar-refractivity contribution is -0.131. The highest BCUT2D eigenvalue weighted by Crippen LogP contribution is 2.34. The molecule has 1 aromatic carbocycles. The van der Waals surface area contributed by atoms with E-state index in [2.05, 4.69) is 17.4 Å². The predicted molar refractivity (Wildman–Crippen MR) is 89.4 cm³/mol. The topological polar surface area (TPSA) is 55.1 Å². The van der Waals surface area contributed by atoms with Crippen molar-refractivity contribution in [3.05, 3.63) is 30.3 Å². The second-order valence-corrected chi connectivity index (χ2v) is 6.98. The first-order valence-electron chi connectivity index (χ1n) is 7.93. The molecule has 1 fully saturated rings. The SMILES string of the molecule is NCC1(C(=O)NCCSc2ccccc2)CCCCCC1. The number of thioether (sulfide) groups is 1. The average molecular weight is 306 g/mol. The molecular weight excluding hydrogens is 280 g/mol. The van der Waals surface area contributed by atoms with Crippen LogP contribution in [0.1, 0.15) is 38.5 Å². The quantitative estimate of drug-likeness (QED) is 0.482. The minimum atomic E-state index is -0.312. The number of hydrogen-bond donors (Lipinski definition) is 2. The molecule has 0 spiro atoms. The zero-order chi connectivity index (χ0) is 15.0. The summed E-state index contributed by atoms with van der Waals surface area (Å²) in [5.74, 6) is 1.07. The first-order valence-corrected chi connectivity index (χ1v) is 8.92. The van der Waals surface area contributed by atoms with Crippen molar-refractivity contribution in [3.8, 4) is 0 Å². The molecule has 3 N–H and O–H groups in total. The van der Waals surface area contributed by atoms with Crippen molar-refractivity contribution in [2.24, 2.45) is 11.1 Å². The lowest BCUT2D eigenvalue weighted by Gasteiger charge is -2.29. The Morgan fingerprint density at radius 3 is 2.43 bits per heavy atom. The van der Waals surface area contributed by atoms with E-state index in [9.17, 15) is 4.79 Å². The predicted octanol–water partition coefficient (Wildman–Crippen LogP) is 3.19. The fourth-order valence-corrected chi connectivity index (χ4v) is 3.76. The Kier molecular flexibility index (Phi) is 6.58. The summed E-state index contributed by atoms with van der Waals surface area (Å²) in [5, 5.41) is 3.10. The summed E-state index contributed by atoms with van der Waals surface area (Å²) in [7, 11) is 0. The van der Waals surface area contributed by atoms with Gasteiger partial charge in [-0.25, -0.2) is 0 Å². The molecule has 0 unspecified atom stereocenters. The van der Waals surface area contributed by atoms with Gasteiger partial charge in [-0.2, -0.15) is 0 Å². The smallest absolute Gasteiger partial charge is 0.227 e. The summed E-state index contributed by atoms with van der Waals surface area (Å²) in [6, 6.07) is 10.3. The second kappa shape index (κ2) is 8.44. The molecule has 21 heavy (non-hydrogen) atoms. The van der Waals surface area contributed by atoms with E-state index in [1.54, 1.807) is 11.8 Å². The molecule has 2 rings (SSSR count). The largest absolute Gasteiger partial charge is 0.355 e. The summed E-state index contributed by atoms with van der Waals surface area (Å²) in [4.78, 5) is 13.8. The lowest BCUT2D eigenvalue weighted by atomic mass is 9.79. The summed E-state index contributed by atoms with van der Waals surface area (Å²) in [5.41, 5.74) is 5.63. The zero-order valence-corrected chi connectivity index (χ0v) is 13.5. The Morgan fingerprint density at radius 1 is 1.14 bits per heavy atom. The van der Waals surface area contributed by atoms with Gasteiger partial charge in [-0.15, -0.1) is 11.8 Å². The number of carbonyl (C=O) groups excluding carboxylic acids is 1. The third-order valence-corrected chi connectivity index (χ3v) is 5.35. The Bertz CT molecular complexity index is 428. The highest BCUT2D eigenvalue weighted by atomic mass is 32.2. The maximum atomic E-state index is 12.5. The maximum absolute atomic E-state index is 12.5. The molecule has 0 saturated heterocycles. The van der Waals surface area contributed by atoms with E-state index in [1.165, 1.54) is 17.7 Å². The van der Waals surface area contributed by atoms with Crippen LogP contribution in [0.25, 0.3) is 0 Å². The van der Waals surface area contributed by atoms with Crippen molar-refractivity contribution in [3.63, 3.8) is 0 Å². The molecule has 1 amide bonds. The van der Waals surface area contributed by atoms with Crippen molar-refractivity contribution in [1.82, 2.24) is 5.32 Å². The van der Waals surface area contributed by atoms with Crippen LogP contribution in [0.2, 0.25) is 0 Å². The van der Waals surface area contributed by atoms with Crippen LogP contribution in [-0.4, -0.2) is 24.7 Å². The van der Waals surface area contributed by atoms with E-state index in [0.717, 1.165) is 31.4 Å². The summed E-state index contributed by atoms with van der Waals surface area (Å²) >= 11 is 1.77. The summed E-state index contributed by atoms with van der Waals surface area (Å²) in [6.07, 6.45) is 6.62. The number of hydrogen-bond acceptors (Lipinski definition) is 3. The van der Waals surface area contributed by atoms with Crippen molar-refractivity contribution >= 4 is 17.7 Å². The Hall–Kier alpha value is -1.00. The van der Waals surface area contributed by atoms with Gasteiger partial charge in [-0.3, -0.25) is 4.79 Å². The van der Waals surface area contributed by atoms with Crippen LogP contribution >= 0.6 is 11.8 Å². The van der Waals surface area contributed by atoms with Crippen LogP contribution in [0.4, 0.5) is 0 Å². The molecule has 1 aromatic rings. The third-order valence-electron chi connectivity index (χ3n) is 4.33. The van der Waals surface area contributed by atoms with Gasteiger partial charge in [0, 0.05) is 23.7 Å². The number of nitrogens with two attached hydrogens (primary N) is 1. The van der Waals surface area contributed by atoms with E-state index >= 15 is 0 Å². The first-order chi connectivity index (χ1) is 10.3. The van der Waals surface area contributed by atoms with Gasteiger partial charge in [0.15, 0.2) is 0 Å². The van der Waals surface area contributed by atoms with Crippen molar-refractivity contribution in [2.75, 3.05) is 18.8 Å². The zero-order valence-electron chi connectivity index (χ0n) is 12.6. The van der Waals surface area contributed by atoms with Gasteiger partial charge in [0.25, 0.3) is 0 Å². The van der Waals surface area contributed by atoms with E-state index < -0.39 is 0 Å². The lowest BCUT2D eigenvalue weighted by Crippen LogP contribution is -2.46.